The first kappa shape index (κ1) is 18.5. The van der Waals surface area contributed by atoms with E-state index >= 15 is 0 Å². The van der Waals surface area contributed by atoms with Crippen LogP contribution in [-0.4, -0.2) is 23.0 Å². The van der Waals surface area contributed by atoms with Crippen LogP contribution in [0.15, 0.2) is 72.8 Å². The van der Waals surface area contributed by atoms with Gasteiger partial charge in [-0.3, -0.25) is 9.59 Å². The van der Waals surface area contributed by atoms with Crippen LogP contribution in [0, 0.1) is 18.8 Å². The highest BCUT2D eigenvalue weighted by molar-refractivity contribution is 6.23. The van der Waals surface area contributed by atoms with Crippen molar-refractivity contribution in [2.24, 2.45) is 11.8 Å². The molecule has 4 heteroatoms. The molecule has 0 aromatic heterocycles. The molecule has 1 N–H and O–H groups in total. The summed E-state index contributed by atoms with van der Waals surface area (Å²) in [5, 5.41) is 11.3. The normalized spacial score (nSPS) is 28.9. The second kappa shape index (κ2) is 6.14. The minimum Gasteiger partial charge on any atom is -0.392 e. The van der Waals surface area contributed by atoms with E-state index in [1.165, 1.54) is 4.90 Å². The summed E-state index contributed by atoms with van der Waals surface area (Å²) in [4.78, 5) is 29.1. The molecule has 154 valence electrons. The summed E-state index contributed by atoms with van der Waals surface area (Å²) in [7, 11) is 0. The van der Waals surface area contributed by atoms with E-state index in [2.05, 4.69) is 12.1 Å². The first-order valence-corrected chi connectivity index (χ1v) is 10.8. The fourth-order valence-corrected chi connectivity index (χ4v) is 6.49. The Morgan fingerprint density at radius 1 is 0.839 bits per heavy atom. The molecule has 1 saturated heterocycles. The zero-order valence-electron chi connectivity index (χ0n) is 17.4. The number of rotatable bonds is 2. The van der Waals surface area contributed by atoms with Gasteiger partial charge >= 0.3 is 0 Å². The molecular weight excluding hydrogens is 386 g/mol. The Labute approximate surface area is 181 Å². The number of amides is 2. The highest BCUT2D eigenvalue weighted by atomic mass is 16.3. The molecule has 3 aromatic rings. The summed E-state index contributed by atoms with van der Waals surface area (Å²) in [5.74, 6) is -1.72. The highest BCUT2D eigenvalue weighted by Gasteiger charge is 2.69. The fraction of sp³-hybridized carbons (Fsp3) is 0.259. The third kappa shape index (κ3) is 2.08. The maximum Gasteiger partial charge on any atom is 0.239 e. The van der Waals surface area contributed by atoms with E-state index < -0.39 is 23.4 Å². The van der Waals surface area contributed by atoms with Gasteiger partial charge in [-0.05, 0) is 48.2 Å². The molecule has 4 nitrogen and oxygen atoms in total. The van der Waals surface area contributed by atoms with Gasteiger partial charge in [0.05, 0.1) is 29.0 Å². The number of benzene rings is 3. The summed E-state index contributed by atoms with van der Waals surface area (Å²) in [6.45, 7) is 3.73. The van der Waals surface area contributed by atoms with Gasteiger partial charge in [0.1, 0.15) is 0 Å². The molecule has 3 aliphatic carbocycles. The van der Waals surface area contributed by atoms with Crippen molar-refractivity contribution in [3.05, 3.63) is 101 Å². The van der Waals surface area contributed by atoms with Crippen molar-refractivity contribution < 1.29 is 14.7 Å². The minimum absolute atomic E-state index is 0.169. The summed E-state index contributed by atoms with van der Waals surface area (Å²) < 4.78 is 0. The van der Waals surface area contributed by atoms with Gasteiger partial charge in [-0.15, -0.1) is 0 Å². The Bertz CT molecular complexity index is 1200. The molecule has 7 rings (SSSR count). The molecule has 0 unspecified atom stereocenters. The van der Waals surface area contributed by atoms with Crippen molar-refractivity contribution in [3.63, 3.8) is 0 Å². The van der Waals surface area contributed by atoms with E-state index in [1.807, 2.05) is 67.6 Å². The van der Waals surface area contributed by atoms with E-state index in [-0.39, 0.29) is 17.7 Å². The van der Waals surface area contributed by atoms with Gasteiger partial charge in [0, 0.05) is 5.92 Å². The second-order valence-corrected chi connectivity index (χ2v) is 9.05. The number of carbonyl (C=O) groups excluding carboxylic acids is 2. The predicted octanol–water partition coefficient (Wildman–Crippen LogP) is 3.93. The van der Waals surface area contributed by atoms with Crippen molar-refractivity contribution in [3.8, 4) is 0 Å². The topological polar surface area (TPSA) is 57.6 Å². The lowest BCUT2D eigenvalue weighted by Crippen LogP contribution is -2.58. The summed E-state index contributed by atoms with van der Waals surface area (Å²) in [6.07, 6.45) is -0.835. The second-order valence-electron chi connectivity index (χ2n) is 9.05. The maximum atomic E-state index is 13.9. The van der Waals surface area contributed by atoms with Gasteiger partial charge in [-0.2, -0.15) is 0 Å². The van der Waals surface area contributed by atoms with Crippen LogP contribution in [0.4, 0.5) is 5.69 Å². The Balaban J connectivity index is 1.66. The molecule has 4 aliphatic rings. The summed E-state index contributed by atoms with van der Waals surface area (Å²) >= 11 is 0. The van der Waals surface area contributed by atoms with E-state index in [0.29, 0.717) is 5.69 Å². The number of aliphatic hydroxyl groups is 1. The fourth-order valence-electron chi connectivity index (χ4n) is 6.49. The van der Waals surface area contributed by atoms with Crippen LogP contribution in [0.25, 0.3) is 0 Å². The number of nitrogens with zero attached hydrogens (tertiary/aromatic N) is 1. The molecule has 2 amide bonds. The zero-order valence-corrected chi connectivity index (χ0v) is 17.4. The molecule has 1 fully saturated rings. The van der Waals surface area contributed by atoms with Crippen LogP contribution in [0.5, 0.6) is 0 Å². The van der Waals surface area contributed by atoms with Crippen molar-refractivity contribution in [1.82, 2.24) is 0 Å². The predicted molar refractivity (Wildman–Crippen MR) is 118 cm³/mol. The Morgan fingerprint density at radius 2 is 1.39 bits per heavy atom. The largest absolute Gasteiger partial charge is 0.392 e. The highest BCUT2D eigenvalue weighted by Crippen LogP contribution is 2.65. The first-order chi connectivity index (χ1) is 15.0. The number of hydrogen-bond donors (Lipinski definition) is 1. The monoisotopic (exact) mass is 409 g/mol. The Morgan fingerprint density at radius 3 is 1.94 bits per heavy atom. The van der Waals surface area contributed by atoms with Crippen LogP contribution < -0.4 is 4.90 Å². The van der Waals surface area contributed by atoms with E-state index in [0.717, 1.165) is 27.8 Å². The average molecular weight is 409 g/mol. The third-order valence-electron chi connectivity index (χ3n) is 7.63. The van der Waals surface area contributed by atoms with Gasteiger partial charge in [0.2, 0.25) is 11.8 Å². The minimum atomic E-state index is -0.946. The van der Waals surface area contributed by atoms with Crippen molar-refractivity contribution >= 4 is 17.5 Å². The number of carbonyl (C=O) groups is 2. The van der Waals surface area contributed by atoms with Gasteiger partial charge < -0.3 is 5.11 Å². The molecule has 0 spiro atoms. The molecular formula is C27H23NO3. The van der Waals surface area contributed by atoms with E-state index in [4.69, 9.17) is 0 Å². The van der Waals surface area contributed by atoms with Gasteiger partial charge in [-0.25, -0.2) is 4.90 Å². The molecule has 1 heterocycles. The van der Waals surface area contributed by atoms with E-state index in [1.54, 1.807) is 6.92 Å². The zero-order chi connectivity index (χ0) is 21.5. The standard InChI is InChI=1S/C27H23NO3/c1-15-11-13-17(14-12-15)28-25(30)23-22-18-7-3-5-9-20(18)27(16(2)29,24(23)26(28)31)21-10-6-4-8-19(21)22/h3-14,16,22-24,29H,1-2H3/t16-,22?,23+,24-,27?/m0/s1. The smallest absolute Gasteiger partial charge is 0.239 e. The quantitative estimate of drug-likeness (QED) is 0.653. The van der Waals surface area contributed by atoms with Crippen LogP contribution in [-0.2, 0) is 15.0 Å². The molecule has 3 aromatic carbocycles. The Hall–Kier alpha value is -3.24. The van der Waals surface area contributed by atoms with Crippen molar-refractivity contribution in [2.45, 2.75) is 31.3 Å². The van der Waals surface area contributed by atoms with Crippen molar-refractivity contribution in [2.75, 3.05) is 4.90 Å². The molecule has 0 saturated carbocycles. The lowest BCUT2D eigenvalue weighted by atomic mass is 9.46. The van der Waals surface area contributed by atoms with Crippen LogP contribution in [0.3, 0.4) is 0 Å². The SMILES string of the molecule is Cc1ccc(N2C(=O)[C@@H]3C4c5ccccc5C([C@H](C)O)(c5ccccc54)[C@@H]3C2=O)cc1. The molecule has 0 radical (unpaired) electrons. The molecule has 3 atom stereocenters. The summed E-state index contributed by atoms with van der Waals surface area (Å²) in [5.41, 5.74) is 4.77. The first-order valence-electron chi connectivity index (χ1n) is 10.8. The van der Waals surface area contributed by atoms with Gasteiger partial charge in [0.15, 0.2) is 0 Å². The van der Waals surface area contributed by atoms with E-state index in [9.17, 15) is 14.7 Å². The lowest BCUT2D eigenvalue weighted by Gasteiger charge is -2.55. The number of aliphatic hydroxyl groups excluding tert-OH is 1. The van der Waals surface area contributed by atoms with Crippen LogP contribution in [0.1, 0.15) is 40.7 Å². The lowest BCUT2D eigenvalue weighted by molar-refractivity contribution is -0.126. The van der Waals surface area contributed by atoms with Crippen LogP contribution in [0.2, 0.25) is 0 Å². The average Bonchev–Trinajstić information content (AvgIpc) is 3.05. The third-order valence-corrected chi connectivity index (χ3v) is 7.63. The van der Waals surface area contributed by atoms with Gasteiger partial charge in [0.25, 0.3) is 0 Å². The molecule has 31 heavy (non-hydrogen) atoms. The number of hydrogen-bond acceptors (Lipinski definition) is 3. The summed E-state index contributed by atoms with van der Waals surface area (Å²) in [6, 6.07) is 23.5. The maximum absolute atomic E-state index is 13.9. The van der Waals surface area contributed by atoms with Crippen LogP contribution >= 0.6 is 0 Å². The Kier molecular flexibility index (Phi) is 3.67. The number of imide groups is 1. The van der Waals surface area contributed by atoms with Crippen molar-refractivity contribution in [1.29, 1.82) is 0 Å². The number of anilines is 1. The molecule has 1 aliphatic heterocycles. The molecule has 2 bridgehead atoms. The van der Waals surface area contributed by atoms with Gasteiger partial charge in [-0.1, -0.05) is 66.2 Å². The number of aryl methyl sites for hydroxylation is 1.